The Kier molecular flexibility index (Phi) is 4.58. The van der Waals surface area contributed by atoms with Crippen molar-refractivity contribution in [2.45, 2.75) is 26.2 Å². The molecular weight excluding hydrogens is 324 g/mol. The van der Waals surface area contributed by atoms with E-state index in [1.54, 1.807) is 21.3 Å². The Hall–Kier alpha value is -2.31. The van der Waals surface area contributed by atoms with E-state index in [2.05, 4.69) is 0 Å². The molecule has 0 N–H and O–H groups in total. The van der Waals surface area contributed by atoms with Gasteiger partial charge in [-0.15, -0.1) is 0 Å². The lowest BCUT2D eigenvalue weighted by atomic mass is 9.88. The zero-order chi connectivity index (χ0) is 18.3. The molecule has 0 amide bonds. The van der Waals surface area contributed by atoms with Crippen molar-refractivity contribution < 1.29 is 28.5 Å². The van der Waals surface area contributed by atoms with Gasteiger partial charge in [-0.1, -0.05) is 6.07 Å². The Morgan fingerprint density at radius 3 is 2.20 bits per heavy atom. The molecule has 2 aromatic rings. The zero-order valence-electron chi connectivity index (χ0n) is 15.3. The van der Waals surface area contributed by atoms with Crippen molar-refractivity contribution in [2.75, 3.05) is 28.4 Å². The normalized spacial score (nSPS) is 19.7. The van der Waals surface area contributed by atoms with Gasteiger partial charge in [0.2, 0.25) is 12.1 Å². The predicted octanol–water partition coefficient (Wildman–Crippen LogP) is 3.42. The summed E-state index contributed by atoms with van der Waals surface area (Å²) in [5.74, 6) is 1.36. The number of benzene rings is 2. The minimum absolute atomic E-state index is 0.295. The molecule has 2 atom stereocenters. The maximum absolute atomic E-state index is 12.9. The van der Waals surface area contributed by atoms with Gasteiger partial charge in [0.1, 0.15) is 17.2 Å². The Morgan fingerprint density at radius 1 is 0.960 bits per heavy atom. The van der Waals surface area contributed by atoms with Gasteiger partial charge in [0.05, 0.1) is 38.4 Å². The summed E-state index contributed by atoms with van der Waals surface area (Å²) < 4.78 is 27.8. The highest BCUT2D eigenvalue weighted by atomic mass is 16.7. The van der Waals surface area contributed by atoms with Crippen LogP contribution in [-0.4, -0.2) is 40.5 Å². The monoisotopic (exact) mass is 346 g/mol. The molecule has 0 aromatic heterocycles. The summed E-state index contributed by atoms with van der Waals surface area (Å²) in [6.07, 6.45) is -1.37. The van der Waals surface area contributed by atoms with E-state index in [0.717, 1.165) is 10.9 Å². The van der Waals surface area contributed by atoms with Crippen molar-refractivity contribution in [1.82, 2.24) is 0 Å². The number of rotatable bonds is 4. The van der Waals surface area contributed by atoms with Crippen LogP contribution in [-0.2, 0) is 9.47 Å². The number of ether oxygens (including phenoxy) is 5. The number of carbonyl (C=O) groups is 1. The molecule has 6 heteroatoms. The Balaban J connectivity index is 2.55. The minimum atomic E-state index is -0.977. The summed E-state index contributed by atoms with van der Waals surface area (Å²) in [6.45, 7) is 3.84. The van der Waals surface area contributed by atoms with Crippen LogP contribution in [0.1, 0.15) is 34.5 Å². The number of Topliss-reactive ketones (excluding diaryl/α,β-unsaturated/α-hetero) is 1. The molecule has 0 aliphatic carbocycles. The fraction of sp³-hybridized carbons (Fsp3) is 0.421. The van der Waals surface area contributed by atoms with Crippen molar-refractivity contribution in [3.63, 3.8) is 0 Å². The lowest BCUT2D eigenvalue weighted by Gasteiger charge is -2.32. The first-order valence-corrected chi connectivity index (χ1v) is 7.97. The van der Waals surface area contributed by atoms with E-state index >= 15 is 0 Å². The summed E-state index contributed by atoms with van der Waals surface area (Å²) in [5, 5.41) is 1.55. The molecule has 0 saturated carbocycles. The highest BCUT2D eigenvalue weighted by Gasteiger charge is 2.39. The van der Waals surface area contributed by atoms with Gasteiger partial charge in [-0.3, -0.25) is 4.79 Å². The molecule has 0 saturated heterocycles. The lowest BCUT2D eigenvalue weighted by molar-refractivity contribution is -0.130. The molecule has 0 unspecified atom stereocenters. The van der Waals surface area contributed by atoms with Crippen molar-refractivity contribution in [2.24, 2.45) is 0 Å². The number of methoxy groups -OCH3 is 4. The average molecular weight is 346 g/mol. The smallest absolute Gasteiger partial charge is 0.223 e. The van der Waals surface area contributed by atoms with Crippen molar-refractivity contribution >= 4 is 16.6 Å². The van der Waals surface area contributed by atoms with Gasteiger partial charge in [0.25, 0.3) is 0 Å². The van der Waals surface area contributed by atoms with E-state index in [9.17, 15) is 4.79 Å². The zero-order valence-corrected chi connectivity index (χ0v) is 15.3. The number of aryl methyl sites for hydroxylation is 1. The number of fused-ring (bicyclic) bond motifs is 2. The van der Waals surface area contributed by atoms with Crippen LogP contribution >= 0.6 is 0 Å². The molecule has 0 bridgehead atoms. The fourth-order valence-electron chi connectivity index (χ4n) is 3.52. The summed E-state index contributed by atoms with van der Waals surface area (Å²) in [7, 11) is 6.15. The van der Waals surface area contributed by atoms with Crippen LogP contribution in [0.2, 0.25) is 0 Å². The van der Waals surface area contributed by atoms with Crippen LogP contribution in [0.25, 0.3) is 10.8 Å². The highest BCUT2D eigenvalue weighted by Crippen LogP contribution is 2.50. The van der Waals surface area contributed by atoms with Gasteiger partial charge in [0, 0.05) is 18.1 Å². The fourth-order valence-corrected chi connectivity index (χ4v) is 3.52. The molecule has 2 aromatic carbocycles. The van der Waals surface area contributed by atoms with Crippen LogP contribution in [0.4, 0.5) is 0 Å². The van der Waals surface area contributed by atoms with E-state index in [-0.39, 0.29) is 5.78 Å². The molecule has 25 heavy (non-hydrogen) atoms. The standard InChI is InChI=1S/C19H22O6/c1-9-7-8-11(21-3)14-12(9)17(22-4)13-10(2)25-19(24-6)16(20)15(13)18(14)23-5/h7-8,10,19H,1-6H3/t10-,19+/m0/s1. The van der Waals surface area contributed by atoms with Crippen molar-refractivity contribution in [3.05, 3.63) is 28.8 Å². The summed E-state index contributed by atoms with van der Waals surface area (Å²) in [4.78, 5) is 12.9. The van der Waals surface area contributed by atoms with Gasteiger partial charge >= 0.3 is 0 Å². The van der Waals surface area contributed by atoms with Crippen LogP contribution in [0, 0.1) is 6.92 Å². The number of hydrogen-bond acceptors (Lipinski definition) is 6. The molecule has 6 nitrogen and oxygen atoms in total. The third-order valence-electron chi connectivity index (χ3n) is 4.61. The third kappa shape index (κ3) is 2.44. The topological polar surface area (TPSA) is 63.2 Å². The van der Waals surface area contributed by atoms with Crippen LogP contribution < -0.4 is 14.2 Å². The Labute approximate surface area is 146 Å². The third-order valence-corrected chi connectivity index (χ3v) is 4.61. The number of carbonyl (C=O) groups excluding carboxylic acids is 1. The van der Waals surface area contributed by atoms with E-state index in [1.165, 1.54) is 7.11 Å². The first-order chi connectivity index (χ1) is 12.0. The van der Waals surface area contributed by atoms with Gasteiger partial charge in [-0.05, 0) is 25.5 Å². The minimum Gasteiger partial charge on any atom is -0.496 e. The Bertz CT molecular complexity index is 842. The second kappa shape index (κ2) is 6.54. The largest absolute Gasteiger partial charge is 0.496 e. The second-order valence-electron chi connectivity index (χ2n) is 5.90. The summed E-state index contributed by atoms with van der Waals surface area (Å²) >= 11 is 0. The SMILES string of the molecule is COc1ccc(C)c2c(OC)c3c(c(OC)c12)C(=O)[C@H](OC)O[C@H]3C. The molecule has 1 heterocycles. The molecular formula is C19H22O6. The van der Waals surface area contributed by atoms with E-state index < -0.39 is 12.4 Å². The molecule has 134 valence electrons. The van der Waals surface area contributed by atoms with E-state index in [0.29, 0.717) is 33.8 Å². The molecule has 0 radical (unpaired) electrons. The second-order valence-corrected chi connectivity index (χ2v) is 5.90. The predicted molar refractivity (Wildman–Crippen MR) is 93.0 cm³/mol. The van der Waals surface area contributed by atoms with Gasteiger partial charge in [0.15, 0.2) is 0 Å². The molecule has 0 fully saturated rings. The first kappa shape index (κ1) is 17.5. The first-order valence-electron chi connectivity index (χ1n) is 7.97. The maximum atomic E-state index is 12.9. The van der Waals surface area contributed by atoms with Crippen molar-refractivity contribution in [1.29, 1.82) is 0 Å². The quantitative estimate of drug-likeness (QED) is 0.845. The summed E-state index contributed by atoms with van der Waals surface area (Å²) in [5.41, 5.74) is 2.07. The maximum Gasteiger partial charge on any atom is 0.223 e. The van der Waals surface area contributed by atoms with Crippen molar-refractivity contribution in [3.8, 4) is 17.2 Å². The van der Waals surface area contributed by atoms with Gasteiger partial charge in [-0.25, -0.2) is 0 Å². The number of ketones is 1. The van der Waals surface area contributed by atoms with E-state index in [4.69, 9.17) is 23.7 Å². The van der Waals surface area contributed by atoms with Gasteiger partial charge in [-0.2, -0.15) is 0 Å². The van der Waals surface area contributed by atoms with Crippen LogP contribution in [0.3, 0.4) is 0 Å². The van der Waals surface area contributed by atoms with Crippen LogP contribution in [0.5, 0.6) is 17.2 Å². The average Bonchev–Trinajstić information content (AvgIpc) is 2.62. The molecule has 1 aliphatic rings. The lowest BCUT2D eigenvalue weighted by Crippen LogP contribution is -2.34. The molecule has 3 rings (SSSR count). The Morgan fingerprint density at radius 2 is 1.64 bits per heavy atom. The van der Waals surface area contributed by atoms with Gasteiger partial charge < -0.3 is 23.7 Å². The van der Waals surface area contributed by atoms with Crippen LogP contribution in [0.15, 0.2) is 12.1 Å². The summed E-state index contributed by atoms with van der Waals surface area (Å²) in [6, 6.07) is 3.80. The number of hydrogen-bond donors (Lipinski definition) is 0. The van der Waals surface area contributed by atoms with E-state index in [1.807, 2.05) is 26.0 Å². The molecule has 0 spiro atoms. The highest BCUT2D eigenvalue weighted by molar-refractivity contribution is 6.13. The molecule has 1 aliphatic heterocycles.